The van der Waals surface area contributed by atoms with Crippen LogP contribution in [0.4, 0.5) is 4.39 Å². The largest absolute Gasteiger partial charge is 0.436 e. The fourth-order valence-electron chi connectivity index (χ4n) is 2.39. The van der Waals surface area contributed by atoms with E-state index in [0.717, 1.165) is 6.33 Å². The van der Waals surface area contributed by atoms with Gasteiger partial charge in [0.05, 0.1) is 10.0 Å². The van der Waals surface area contributed by atoms with Crippen molar-refractivity contribution in [1.82, 2.24) is 15.3 Å². The van der Waals surface area contributed by atoms with Crippen molar-refractivity contribution in [3.8, 4) is 23.3 Å². The van der Waals surface area contributed by atoms with Crippen molar-refractivity contribution in [3.05, 3.63) is 70.7 Å². The summed E-state index contributed by atoms with van der Waals surface area (Å²) in [6.07, 6.45) is 1.11. The van der Waals surface area contributed by atoms with Gasteiger partial charge in [0.2, 0.25) is 5.82 Å². The van der Waals surface area contributed by atoms with Crippen LogP contribution in [0.1, 0.15) is 5.56 Å². The SMILES string of the molecule is CNC(=O)/C(=N\OC)c1ccccc1Oc1ncnc(Oc2ccccc2Br)c1F. The highest BCUT2D eigenvalue weighted by Crippen LogP contribution is 2.33. The number of carbonyl (C=O) groups is 1. The molecule has 8 nitrogen and oxygen atoms in total. The van der Waals surface area contributed by atoms with Crippen LogP contribution >= 0.6 is 15.9 Å². The van der Waals surface area contributed by atoms with E-state index < -0.39 is 11.7 Å². The Labute approximate surface area is 179 Å². The molecule has 1 aromatic heterocycles. The molecule has 1 heterocycles. The van der Waals surface area contributed by atoms with Gasteiger partial charge in [-0.1, -0.05) is 29.4 Å². The molecule has 0 aliphatic carbocycles. The Morgan fingerprint density at radius 2 is 1.63 bits per heavy atom. The number of amides is 1. The minimum atomic E-state index is -0.909. The van der Waals surface area contributed by atoms with E-state index in [0.29, 0.717) is 10.2 Å². The van der Waals surface area contributed by atoms with Gasteiger partial charge in [0.15, 0.2) is 5.71 Å². The number of oxime groups is 1. The highest BCUT2D eigenvalue weighted by molar-refractivity contribution is 9.10. The third-order valence-electron chi connectivity index (χ3n) is 3.74. The van der Waals surface area contributed by atoms with Gasteiger partial charge in [-0.15, -0.1) is 0 Å². The van der Waals surface area contributed by atoms with Crippen LogP contribution in [0.25, 0.3) is 0 Å². The number of carbonyl (C=O) groups excluding carboxylic acids is 1. The van der Waals surface area contributed by atoms with Crippen molar-refractivity contribution < 1.29 is 23.5 Å². The number of hydrogen-bond acceptors (Lipinski definition) is 7. The van der Waals surface area contributed by atoms with Crippen LogP contribution in [0.5, 0.6) is 23.3 Å². The summed E-state index contributed by atoms with van der Waals surface area (Å²) in [5.74, 6) is -1.60. The average molecular weight is 475 g/mol. The van der Waals surface area contributed by atoms with E-state index in [9.17, 15) is 9.18 Å². The van der Waals surface area contributed by atoms with E-state index in [1.807, 2.05) is 0 Å². The number of benzene rings is 2. The number of halogens is 2. The Balaban J connectivity index is 1.96. The number of para-hydroxylation sites is 2. The molecule has 0 bridgehead atoms. The molecule has 154 valence electrons. The summed E-state index contributed by atoms with van der Waals surface area (Å²) < 4.78 is 26.7. The van der Waals surface area contributed by atoms with Crippen molar-refractivity contribution in [1.29, 1.82) is 0 Å². The first-order valence-electron chi connectivity index (χ1n) is 8.58. The molecule has 1 N–H and O–H groups in total. The van der Waals surface area contributed by atoms with Crippen LogP contribution < -0.4 is 14.8 Å². The smallest absolute Gasteiger partial charge is 0.273 e. The van der Waals surface area contributed by atoms with Crippen molar-refractivity contribution >= 4 is 27.5 Å². The summed E-state index contributed by atoms with van der Waals surface area (Å²) in [5.41, 5.74) is 0.236. The molecule has 0 fully saturated rings. The summed E-state index contributed by atoms with van der Waals surface area (Å²) in [4.78, 5) is 24.6. The van der Waals surface area contributed by atoms with Crippen LogP contribution in [0.3, 0.4) is 0 Å². The van der Waals surface area contributed by atoms with Gasteiger partial charge in [-0.2, -0.15) is 14.4 Å². The second-order valence-electron chi connectivity index (χ2n) is 5.63. The highest BCUT2D eigenvalue weighted by atomic mass is 79.9. The molecule has 0 unspecified atom stereocenters. The first-order valence-corrected chi connectivity index (χ1v) is 9.37. The fourth-order valence-corrected chi connectivity index (χ4v) is 2.76. The summed E-state index contributed by atoms with van der Waals surface area (Å²) in [7, 11) is 2.76. The van der Waals surface area contributed by atoms with E-state index >= 15 is 0 Å². The molecule has 0 aliphatic rings. The number of rotatable bonds is 7. The number of hydrogen-bond donors (Lipinski definition) is 1. The fraction of sp³-hybridized carbons (Fsp3) is 0.100. The van der Waals surface area contributed by atoms with Gasteiger partial charge in [0, 0.05) is 7.05 Å². The lowest BCUT2D eigenvalue weighted by Crippen LogP contribution is -2.28. The van der Waals surface area contributed by atoms with E-state index in [1.165, 1.54) is 14.2 Å². The Kier molecular flexibility index (Phi) is 6.91. The molecule has 0 saturated heterocycles. The lowest BCUT2D eigenvalue weighted by molar-refractivity contribution is -0.114. The molecule has 3 aromatic rings. The van der Waals surface area contributed by atoms with Crippen molar-refractivity contribution in [2.24, 2.45) is 5.16 Å². The first-order chi connectivity index (χ1) is 14.5. The molecule has 30 heavy (non-hydrogen) atoms. The topological polar surface area (TPSA) is 94.9 Å². The first kappa shape index (κ1) is 21.2. The zero-order valence-electron chi connectivity index (χ0n) is 15.9. The molecule has 0 aliphatic heterocycles. The van der Waals surface area contributed by atoms with Gasteiger partial charge in [-0.05, 0) is 40.2 Å². The van der Waals surface area contributed by atoms with Gasteiger partial charge in [-0.25, -0.2) is 0 Å². The predicted octanol–water partition coefficient (Wildman–Crippen LogP) is 4.06. The maximum atomic E-state index is 15.0. The van der Waals surface area contributed by atoms with Crippen molar-refractivity contribution in [2.45, 2.75) is 0 Å². The normalized spacial score (nSPS) is 11.0. The number of likely N-dealkylation sites (N-methyl/N-ethyl adjacent to an activating group) is 1. The average Bonchev–Trinajstić information content (AvgIpc) is 2.76. The molecule has 10 heteroatoms. The van der Waals surface area contributed by atoms with Crippen LogP contribution in [-0.2, 0) is 9.63 Å². The Morgan fingerprint density at radius 3 is 2.27 bits per heavy atom. The standard InChI is InChI=1S/C20H16BrFN4O4/c1-23-18(27)17(26-28-2)12-7-3-5-9-14(12)29-19-16(22)20(25-11-24-19)30-15-10-6-4-8-13(15)21/h3-11H,1-2H3,(H,23,27)/b26-17-. The zero-order chi connectivity index (χ0) is 21.5. The summed E-state index contributed by atoms with van der Waals surface area (Å²) in [6, 6.07) is 13.4. The van der Waals surface area contributed by atoms with E-state index in [1.54, 1.807) is 48.5 Å². The van der Waals surface area contributed by atoms with E-state index in [4.69, 9.17) is 14.3 Å². The molecule has 0 saturated carbocycles. The van der Waals surface area contributed by atoms with Crippen molar-refractivity contribution in [3.63, 3.8) is 0 Å². The number of ether oxygens (including phenoxy) is 2. The van der Waals surface area contributed by atoms with E-state index in [2.05, 4.69) is 36.4 Å². The Bertz CT molecular complexity index is 1090. The Hall–Kier alpha value is -3.53. The third-order valence-corrected chi connectivity index (χ3v) is 4.40. The van der Waals surface area contributed by atoms with Crippen molar-refractivity contribution in [2.75, 3.05) is 14.2 Å². The second kappa shape index (κ2) is 9.79. The molecular formula is C20H16BrFN4O4. The lowest BCUT2D eigenvalue weighted by atomic mass is 10.1. The van der Waals surface area contributed by atoms with Crippen LogP contribution in [0, 0.1) is 5.82 Å². The number of nitrogens with zero attached hydrogens (tertiary/aromatic N) is 3. The minimum absolute atomic E-state index is 0.0465. The van der Waals surface area contributed by atoms with Gasteiger partial charge in [0.1, 0.15) is 24.9 Å². The monoisotopic (exact) mass is 474 g/mol. The van der Waals surface area contributed by atoms with Gasteiger partial charge < -0.3 is 19.6 Å². The third kappa shape index (κ3) is 4.71. The molecular weight excluding hydrogens is 459 g/mol. The summed E-state index contributed by atoms with van der Waals surface area (Å²) in [5, 5.41) is 6.20. The quantitative estimate of drug-likeness (QED) is 0.409. The number of nitrogens with one attached hydrogen (secondary N) is 1. The zero-order valence-corrected chi connectivity index (χ0v) is 17.5. The Morgan fingerprint density at radius 1 is 1.03 bits per heavy atom. The molecule has 0 radical (unpaired) electrons. The highest BCUT2D eigenvalue weighted by Gasteiger charge is 2.21. The lowest BCUT2D eigenvalue weighted by Gasteiger charge is -2.13. The van der Waals surface area contributed by atoms with Crippen LogP contribution in [0.15, 0.2) is 64.5 Å². The van der Waals surface area contributed by atoms with Gasteiger partial charge in [-0.3, -0.25) is 4.79 Å². The molecule has 3 rings (SSSR count). The molecule has 2 aromatic carbocycles. The summed E-state index contributed by atoms with van der Waals surface area (Å²) >= 11 is 3.33. The second-order valence-corrected chi connectivity index (χ2v) is 6.48. The molecule has 0 spiro atoms. The molecule has 0 atom stereocenters. The minimum Gasteiger partial charge on any atom is -0.436 e. The maximum Gasteiger partial charge on any atom is 0.273 e. The summed E-state index contributed by atoms with van der Waals surface area (Å²) in [6.45, 7) is 0. The van der Waals surface area contributed by atoms with Gasteiger partial charge in [0.25, 0.3) is 17.7 Å². The number of aromatic nitrogens is 2. The van der Waals surface area contributed by atoms with Gasteiger partial charge >= 0.3 is 0 Å². The van der Waals surface area contributed by atoms with Crippen LogP contribution in [0.2, 0.25) is 0 Å². The van der Waals surface area contributed by atoms with Crippen LogP contribution in [-0.4, -0.2) is 35.7 Å². The molecule has 1 amide bonds. The maximum absolute atomic E-state index is 15.0. The van der Waals surface area contributed by atoms with E-state index in [-0.39, 0.29) is 28.8 Å². The predicted molar refractivity (Wildman–Crippen MR) is 110 cm³/mol.